The second-order valence-corrected chi connectivity index (χ2v) is 5.86. The number of carbonyl (C=O) groups excluding carboxylic acids is 2. The van der Waals surface area contributed by atoms with Gasteiger partial charge in [-0.15, -0.1) is 0 Å². The van der Waals surface area contributed by atoms with Gasteiger partial charge in [-0.05, 0) is 48.4 Å². The summed E-state index contributed by atoms with van der Waals surface area (Å²) in [4.78, 5) is 23.8. The van der Waals surface area contributed by atoms with Gasteiger partial charge in [0.05, 0.1) is 5.69 Å². The minimum absolute atomic E-state index is 0.0238. The van der Waals surface area contributed by atoms with E-state index < -0.39 is 0 Å². The molecule has 2 N–H and O–H groups in total. The Bertz CT molecular complexity index is 947. The molecular formula is C19H16N4O2. The summed E-state index contributed by atoms with van der Waals surface area (Å²) < 4.78 is 1.66. The van der Waals surface area contributed by atoms with Crippen LogP contribution in [0.15, 0.2) is 60.8 Å². The van der Waals surface area contributed by atoms with Crippen molar-refractivity contribution >= 4 is 23.2 Å². The Hall–Kier alpha value is -3.41. The number of hydrogen-bond donors (Lipinski definition) is 2. The Balaban J connectivity index is 1.51. The van der Waals surface area contributed by atoms with Gasteiger partial charge in [-0.2, -0.15) is 5.10 Å². The van der Waals surface area contributed by atoms with Crippen LogP contribution in [-0.2, 0) is 11.2 Å². The summed E-state index contributed by atoms with van der Waals surface area (Å²) >= 11 is 0. The Morgan fingerprint density at radius 3 is 2.76 bits per heavy atom. The number of aromatic nitrogens is 2. The van der Waals surface area contributed by atoms with Crippen LogP contribution < -0.4 is 10.6 Å². The molecule has 0 spiro atoms. The van der Waals surface area contributed by atoms with Gasteiger partial charge in [0.1, 0.15) is 0 Å². The van der Waals surface area contributed by atoms with E-state index in [1.807, 2.05) is 42.5 Å². The molecule has 1 aliphatic rings. The lowest BCUT2D eigenvalue weighted by Crippen LogP contribution is -2.19. The molecule has 2 amide bonds. The van der Waals surface area contributed by atoms with Crippen molar-refractivity contribution in [3.63, 3.8) is 0 Å². The topological polar surface area (TPSA) is 76.0 Å². The van der Waals surface area contributed by atoms with Crippen molar-refractivity contribution in [1.82, 2.24) is 9.78 Å². The second kappa shape index (κ2) is 6.24. The first-order valence-electron chi connectivity index (χ1n) is 8.04. The van der Waals surface area contributed by atoms with Crippen molar-refractivity contribution in [2.75, 3.05) is 10.6 Å². The van der Waals surface area contributed by atoms with E-state index in [1.54, 1.807) is 23.0 Å². The average Bonchev–Trinajstić information content (AvgIpc) is 3.13. The molecule has 2 aromatic carbocycles. The standard InChI is InChI=1S/C19H16N4O2/c24-18-9-6-13-12-14(7-8-16(13)21-18)20-19(25)17-10-11-23(22-17)15-4-2-1-3-5-15/h1-5,7-8,10-12H,6,9H2,(H,20,25)(H,21,24). The molecule has 0 aliphatic carbocycles. The number of para-hydroxylation sites is 1. The van der Waals surface area contributed by atoms with E-state index in [4.69, 9.17) is 0 Å². The van der Waals surface area contributed by atoms with Crippen LogP contribution in [0.2, 0.25) is 0 Å². The van der Waals surface area contributed by atoms with Crippen LogP contribution in [0, 0.1) is 0 Å². The van der Waals surface area contributed by atoms with E-state index in [9.17, 15) is 9.59 Å². The summed E-state index contributed by atoms with van der Waals surface area (Å²) in [6.45, 7) is 0. The smallest absolute Gasteiger partial charge is 0.276 e. The third kappa shape index (κ3) is 3.14. The number of hydrogen-bond acceptors (Lipinski definition) is 3. The first kappa shape index (κ1) is 15.1. The molecule has 25 heavy (non-hydrogen) atoms. The van der Waals surface area contributed by atoms with Gasteiger partial charge >= 0.3 is 0 Å². The number of anilines is 2. The summed E-state index contributed by atoms with van der Waals surface area (Å²) in [5, 5.41) is 10.0. The van der Waals surface area contributed by atoms with Crippen molar-refractivity contribution in [1.29, 1.82) is 0 Å². The van der Waals surface area contributed by atoms with Gasteiger partial charge in [0.25, 0.3) is 5.91 Å². The zero-order chi connectivity index (χ0) is 17.2. The molecule has 0 atom stereocenters. The molecule has 6 heteroatoms. The lowest BCUT2D eigenvalue weighted by Gasteiger charge is -2.17. The lowest BCUT2D eigenvalue weighted by atomic mass is 10.0. The van der Waals surface area contributed by atoms with Crippen LogP contribution in [0.4, 0.5) is 11.4 Å². The van der Waals surface area contributed by atoms with Gasteiger partial charge in [0.15, 0.2) is 5.69 Å². The molecule has 0 radical (unpaired) electrons. The number of carbonyl (C=O) groups is 2. The predicted molar refractivity (Wildman–Crippen MR) is 94.9 cm³/mol. The molecular weight excluding hydrogens is 316 g/mol. The summed E-state index contributed by atoms with van der Waals surface area (Å²) in [5.74, 6) is -0.245. The molecule has 4 rings (SSSR count). The fourth-order valence-corrected chi connectivity index (χ4v) is 2.83. The zero-order valence-electron chi connectivity index (χ0n) is 13.4. The Labute approximate surface area is 144 Å². The summed E-state index contributed by atoms with van der Waals surface area (Å²) in [7, 11) is 0. The number of nitrogens with zero attached hydrogens (tertiary/aromatic N) is 2. The summed E-state index contributed by atoms with van der Waals surface area (Å²) in [6.07, 6.45) is 2.89. The molecule has 1 aromatic heterocycles. The van der Waals surface area contributed by atoms with Crippen molar-refractivity contribution in [3.8, 4) is 5.69 Å². The van der Waals surface area contributed by atoms with Crippen LogP contribution in [-0.4, -0.2) is 21.6 Å². The first-order chi connectivity index (χ1) is 12.2. The molecule has 0 bridgehead atoms. The van der Waals surface area contributed by atoms with E-state index in [0.29, 0.717) is 24.2 Å². The van der Waals surface area contributed by atoms with Crippen LogP contribution in [0.5, 0.6) is 0 Å². The average molecular weight is 332 g/mol. The molecule has 0 fully saturated rings. The van der Waals surface area contributed by atoms with Gasteiger partial charge in [0.2, 0.25) is 5.91 Å². The summed E-state index contributed by atoms with van der Waals surface area (Å²) in [5.41, 5.74) is 3.75. The number of aryl methyl sites for hydroxylation is 1. The number of rotatable bonds is 3. The highest BCUT2D eigenvalue weighted by Gasteiger charge is 2.16. The Morgan fingerprint density at radius 1 is 1.08 bits per heavy atom. The monoisotopic (exact) mass is 332 g/mol. The minimum atomic E-state index is -0.269. The maximum Gasteiger partial charge on any atom is 0.276 e. The van der Waals surface area contributed by atoms with Crippen LogP contribution >= 0.6 is 0 Å². The van der Waals surface area contributed by atoms with E-state index in [-0.39, 0.29) is 11.8 Å². The first-order valence-corrected chi connectivity index (χ1v) is 8.04. The number of benzene rings is 2. The third-order valence-electron chi connectivity index (χ3n) is 4.10. The predicted octanol–water partition coefficient (Wildman–Crippen LogP) is 3.01. The van der Waals surface area contributed by atoms with Gasteiger partial charge in [0, 0.05) is 24.0 Å². The number of fused-ring (bicyclic) bond motifs is 1. The SMILES string of the molecule is O=C1CCc2cc(NC(=O)c3ccn(-c4ccccc4)n3)ccc2N1. The largest absolute Gasteiger partial charge is 0.326 e. The highest BCUT2D eigenvalue weighted by molar-refractivity contribution is 6.03. The lowest BCUT2D eigenvalue weighted by molar-refractivity contribution is -0.116. The van der Waals surface area contributed by atoms with Crippen LogP contribution in [0.1, 0.15) is 22.5 Å². The molecule has 2 heterocycles. The quantitative estimate of drug-likeness (QED) is 0.774. The van der Waals surface area contributed by atoms with E-state index in [2.05, 4.69) is 15.7 Å². The van der Waals surface area contributed by atoms with E-state index >= 15 is 0 Å². The van der Waals surface area contributed by atoms with Gasteiger partial charge in [-0.25, -0.2) is 4.68 Å². The normalized spacial score (nSPS) is 13.0. The highest BCUT2D eigenvalue weighted by Crippen LogP contribution is 2.25. The molecule has 0 saturated carbocycles. The maximum absolute atomic E-state index is 12.4. The fraction of sp³-hybridized carbons (Fsp3) is 0.105. The van der Waals surface area contributed by atoms with Gasteiger partial charge < -0.3 is 10.6 Å². The van der Waals surface area contributed by atoms with Crippen molar-refractivity contribution in [3.05, 3.63) is 72.1 Å². The number of amides is 2. The van der Waals surface area contributed by atoms with Crippen LogP contribution in [0.3, 0.4) is 0 Å². The summed E-state index contributed by atoms with van der Waals surface area (Å²) in [6, 6.07) is 16.8. The van der Waals surface area contributed by atoms with Crippen molar-refractivity contribution in [2.45, 2.75) is 12.8 Å². The van der Waals surface area contributed by atoms with Gasteiger partial charge in [-0.1, -0.05) is 18.2 Å². The fourth-order valence-electron chi connectivity index (χ4n) is 2.83. The molecule has 6 nitrogen and oxygen atoms in total. The molecule has 0 saturated heterocycles. The van der Waals surface area contributed by atoms with Crippen molar-refractivity contribution < 1.29 is 9.59 Å². The Morgan fingerprint density at radius 2 is 1.92 bits per heavy atom. The van der Waals surface area contributed by atoms with E-state index in [1.165, 1.54) is 0 Å². The van der Waals surface area contributed by atoms with E-state index in [0.717, 1.165) is 16.9 Å². The van der Waals surface area contributed by atoms with Crippen molar-refractivity contribution in [2.24, 2.45) is 0 Å². The molecule has 124 valence electrons. The third-order valence-corrected chi connectivity index (χ3v) is 4.10. The van der Waals surface area contributed by atoms with Crippen LogP contribution in [0.25, 0.3) is 5.69 Å². The molecule has 1 aliphatic heterocycles. The maximum atomic E-state index is 12.4. The minimum Gasteiger partial charge on any atom is -0.326 e. The van der Waals surface area contributed by atoms with Gasteiger partial charge in [-0.3, -0.25) is 9.59 Å². The second-order valence-electron chi connectivity index (χ2n) is 5.86. The Kier molecular flexibility index (Phi) is 3.78. The zero-order valence-corrected chi connectivity index (χ0v) is 13.4. The molecule has 3 aromatic rings. The molecule has 0 unspecified atom stereocenters. The highest BCUT2D eigenvalue weighted by atomic mass is 16.2. The number of nitrogens with one attached hydrogen (secondary N) is 2.